The molecular formula is C14H18N2O4. The number of hydrogen-bond acceptors (Lipinski definition) is 4. The van der Waals surface area contributed by atoms with Crippen LogP contribution in [0, 0.1) is 5.92 Å². The minimum absolute atomic E-state index is 0.223. The summed E-state index contributed by atoms with van der Waals surface area (Å²) in [6.07, 6.45) is 3.50. The van der Waals surface area contributed by atoms with Gasteiger partial charge in [-0.2, -0.15) is 0 Å². The number of likely N-dealkylation sites (tertiary alicyclic amines) is 1. The lowest BCUT2D eigenvalue weighted by Crippen LogP contribution is -2.49. The van der Waals surface area contributed by atoms with Crippen molar-refractivity contribution in [2.24, 2.45) is 5.92 Å². The first kappa shape index (κ1) is 13.1. The first-order valence-electron chi connectivity index (χ1n) is 7.08. The second-order valence-electron chi connectivity index (χ2n) is 5.71. The molecular weight excluding hydrogens is 260 g/mol. The Hall–Kier alpha value is -1.85. The van der Waals surface area contributed by atoms with Crippen LogP contribution in [-0.4, -0.2) is 39.6 Å². The van der Waals surface area contributed by atoms with Crippen LogP contribution in [-0.2, 0) is 4.79 Å². The fourth-order valence-corrected chi connectivity index (χ4v) is 2.86. The van der Waals surface area contributed by atoms with Crippen LogP contribution in [0.3, 0.4) is 0 Å². The van der Waals surface area contributed by atoms with E-state index in [2.05, 4.69) is 5.16 Å². The van der Waals surface area contributed by atoms with Crippen LogP contribution in [0.15, 0.2) is 10.6 Å². The third-order valence-electron chi connectivity index (χ3n) is 4.29. The number of carboxylic acid groups (broad SMARTS) is 1. The van der Waals surface area contributed by atoms with Crippen LogP contribution >= 0.6 is 0 Å². The fraction of sp³-hybridized carbons (Fsp3) is 0.643. The van der Waals surface area contributed by atoms with E-state index in [0.717, 1.165) is 18.6 Å². The Bertz CT molecular complexity index is 535. The molecule has 2 fully saturated rings. The highest BCUT2D eigenvalue weighted by molar-refractivity contribution is 5.93. The number of carboxylic acids is 1. The topological polar surface area (TPSA) is 83.6 Å². The van der Waals surface area contributed by atoms with Crippen LogP contribution in [0.5, 0.6) is 0 Å². The number of piperidine rings is 1. The number of carbonyl (C=O) groups is 2. The van der Waals surface area contributed by atoms with E-state index in [4.69, 9.17) is 4.52 Å². The van der Waals surface area contributed by atoms with E-state index >= 15 is 0 Å². The number of nitrogens with zero attached hydrogens (tertiary/aromatic N) is 2. The molecule has 1 aliphatic carbocycles. The Balaban J connectivity index is 1.76. The van der Waals surface area contributed by atoms with Gasteiger partial charge in [-0.15, -0.1) is 0 Å². The van der Waals surface area contributed by atoms with E-state index in [1.807, 2.05) is 0 Å². The van der Waals surface area contributed by atoms with Crippen LogP contribution in [0.1, 0.15) is 54.8 Å². The van der Waals surface area contributed by atoms with E-state index in [1.54, 1.807) is 17.9 Å². The third kappa shape index (κ3) is 2.30. The van der Waals surface area contributed by atoms with Crippen LogP contribution in [0.4, 0.5) is 0 Å². The number of aromatic nitrogens is 1. The largest absolute Gasteiger partial charge is 0.481 e. The van der Waals surface area contributed by atoms with Gasteiger partial charge in [0.25, 0.3) is 5.91 Å². The molecule has 1 aliphatic heterocycles. The van der Waals surface area contributed by atoms with Crippen molar-refractivity contribution in [3.63, 3.8) is 0 Å². The van der Waals surface area contributed by atoms with E-state index in [0.29, 0.717) is 31.0 Å². The number of rotatable bonds is 3. The zero-order chi connectivity index (χ0) is 14.3. The summed E-state index contributed by atoms with van der Waals surface area (Å²) in [4.78, 5) is 25.3. The van der Waals surface area contributed by atoms with Gasteiger partial charge in [-0.25, -0.2) is 0 Å². The summed E-state index contributed by atoms with van der Waals surface area (Å²) in [5.41, 5.74) is 0.296. The van der Waals surface area contributed by atoms with Gasteiger partial charge in [0.1, 0.15) is 5.76 Å². The van der Waals surface area contributed by atoms with Crippen LogP contribution in [0.25, 0.3) is 0 Å². The first-order valence-corrected chi connectivity index (χ1v) is 7.08. The molecule has 20 heavy (non-hydrogen) atoms. The number of amides is 1. The molecule has 0 radical (unpaired) electrons. The molecule has 1 amide bonds. The van der Waals surface area contributed by atoms with Crippen molar-refractivity contribution in [1.82, 2.24) is 10.1 Å². The van der Waals surface area contributed by atoms with Crippen molar-refractivity contribution in [3.05, 3.63) is 17.5 Å². The van der Waals surface area contributed by atoms with Crippen molar-refractivity contribution in [1.29, 1.82) is 0 Å². The van der Waals surface area contributed by atoms with E-state index < -0.39 is 11.9 Å². The lowest BCUT2D eigenvalue weighted by Gasteiger charge is -2.36. The molecule has 2 atom stereocenters. The van der Waals surface area contributed by atoms with Gasteiger partial charge in [0.15, 0.2) is 5.69 Å². The number of aliphatic carboxylic acids is 1. The zero-order valence-electron chi connectivity index (χ0n) is 11.4. The molecule has 0 spiro atoms. The Morgan fingerprint density at radius 1 is 1.40 bits per heavy atom. The van der Waals surface area contributed by atoms with E-state index in [-0.39, 0.29) is 11.9 Å². The van der Waals surface area contributed by atoms with Gasteiger partial charge in [-0.05, 0) is 32.6 Å². The summed E-state index contributed by atoms with van der Waals surface area (Å²) in [6.45, 7) is 2.37. The Kier molecular flexibility index (Phi) is 3.23. The third-order valence-corrected chi connectivity index (χ3v) is 4.29. The molecule has 1 N–H and O–H groups in total. The maximum atomic E-state index is 12.4. The van der Waals surface area contributed by atoms with Gasteiger partial charge in [0.05, 0.1) is 5.92 Å². The quantitative estimate of drug-likeness (QED) is 0.912. The lowest BCUT2D eigenvalue weighted by molar-refractivity contribution is -0.144. The van der Waals surface area contributed by atoms with Gasteiger partial charge in [0, 0.05) is 24.6 Å². The Morgan fingerprint density at radius 2 is 2.15 bits per heavy atom. The molecule has 0 aromatic carbocycles. The molecule has 1 saturated carbocycles. The van der Waals surface area contributed by atoms with Crippen molar-refractivity contribution < 1.29 is 19.2 Å². The number of hydrogen-bond donors (Lipinski definition) is 1. The standard InChI is InChI=1S/C14H18N2O4/c1-8-10(14(18)19)3-2-6-16(8)13(17)11-7-12(20-15-11)9-4-5-9/h7-10H,2-6H2,1H3,(H,18,19)/t8-,10-/m1/s1. The van der Waals surface area contributed by atoms with Gasteiger partial charge >= 0.3 is 5.97 Å². The maximum Gasteiger partial charge on any atom is 0.308 e. The second kappa shape index (κ2) is 4.92. The highest BCUT2D eigenvalue weighted by Gasteiger charge is 2.37. The summed E-state index contributed by atoms with van der Waals surface area (Å²) in [5.74, 6) is -0.377. The molecule has 2 heterocycles. The summed E-state index contributed by atoms with van der Waals surface area (Å²) >= 11 is 0. The van der Waals surface area contributed by atoms with E-state index in [9.17, 15) is 14.7 Å². The minimum atomic E-state index is -0.839. The van der Waals surface area contributed by atoms with Crippen molar-refractivity contribution in [2.75, 3.05) is 6.54 Å². The summed E-state index contributed by atoms with van der Waals surface area (Å²) in [6, 6.07) is 1.40. The van der Waals surface area contributed by atoms with Crippen molar-refractivity contribution in [2.45, 2.75) is 44.6 Å². The average Bonchev–Trinajstić information content (AvgIpc) is 3.16. The minimum Gasteiger partial charge on any atom is -0.481 e. The predicted octanol–water partition coefficient (Wildman–Crippen LogP) is 1.88. The summed E-state index contributed by atoms with van der Waals surface area (Å²) < 4.78 is 5.20. The molecule has 0 bridgehead atoms. The molecule has 108 valence electrons. The highest BCUT2D eigenvalue weighted by Crippen LogP contribution is 2.40. The van der Waals surface area contributed by atoms with Gasteiger partial charge < -0.3 is 14.5 Å². The molecule has 1 saturated heterocycles. The molecule has 0 unspecified atom stereocenters. The molecule has 1 aromatic heterocycles. The monoisotopic (exact) mass is 278 g/mol. The van der Waals surface area contributed by atoms with Crippen LogP contribution in [0.2, 0.25) is 0 Å². The highest BCUT2D eigenvalue weighted by atomic mass is 16.5. The molecule has 3 rings (SSSR count). The van der Waals surface area contributed by atoms with Gasteiger partial charge in [-0.1, -0.05) is 5.16 Å². The molecule has 6 heteroatoms. The summed E-state index contributed by atoms with van der Waals surface area (Å²) in [7, 11) is 0. The van der Waals surface area contributed by atoms with Gasteiger partial charge in [0.2, 0.25) is 0 Å². The van der Waals surface area contributed by atoms with Crippen molar-refractivity contribution in [3.8, 4) is 0 Å². The first-order chi connectivity index (χ1) is 9.58. The van der Waals surface area contributed by atoms with E-state index in [1.165, 1.54) is 0 Å². The SMILES string of the molecule is C[C@@H]1[C@H](C(=O)O)CCCN1C(=O)c1cc(C2CC2)on1. The summed E-state index contributed by atoms with van der Waals surface area (Å²) in [5, 5.41) is 13.0. The fourth-order valence-electron chi connectivity index (χ4n) is 2.86. The van der Waals surface area contributed by atoms with Crippen LogP contribution < -0.4 is 0 Å². The Morgan fingerprint density at radius 3 is 2.80 bits per heavy atom. The smallest absolute Gasteiger partial charge is 0.308 e. The average molecular weight is 278 g/mol. The number of carbonyl (C=O) groups excluding carboxylic acids is 1. The van der Waals surface area contributed by atoms with Gasteiger partial charge in [-0.3, -0.25) is 9.59 Å². The molecule has 6 nitrogen and oxygen atoms in total. The zero-order valence-corrected chi connectivity index (χ0v) is 11.4. The second-order valence-corrected chi connectivity index (χ2v) is 5.71. The molecule has 1 aromatic rings. The molecule has 2 aliphatic rings. The Labute approximate surface area is 116 Å². The predicted molar refractivity (Wildman–Crippen MR) is 69.3 cm³/mol. The van der Waals surface area contributed by atoms with Crippen molar-refractivity contribution >= 4 is 11.9 Å². The maximum absolute atomic E-state index is 12.4. The lowest BCUT2D eigenvalue weighted by atomic mass is 9.90. The normalized spacial score (nSPS) is 26.6.